The lowest BCUT2D eigenvalue weighted by atomic mass is 10.1. The Morgan fingerprint density at radius 2 is 1.88 bits per heavy atom. The van der Waals surface area contributed by atoms with Crippen LogP contribution in [0.5, 0.6) is 11.8 Å². The lowest BCUT2D eigenvalue weighted by Crippen LogP contribution is -2.31. The smallest absolute Gasteiger partial charge is 0.243 e. The average Bonchev–Trinajstić information content (AvgIpc) is 3.31. The van der Waals surface area contributed by atoms with Gasteiger partial charge >= 0.3 is 0 Å². The molecule has 0 aliphatic heterocycles. The van der Waals surface area contributed by atoms with Crippen LogP contribution in [0.3, 0.4) is 0 Å². The van der Waals surface area contributed by atoms with E-state index in [9.17, 15) is 24.4 Å². The number of likely N-dealkylation sites (N-methyl/N-ethyl adjacent to an activating group) is 1. The molecule has 8 nitrogen and oxygen atoms in total. The number of hydrogen-bond donors (Lipinski definition) is 5. The van der Waals surface area contributed by atoms with E-state index in [1.54, 1.807) is 5.38 Å². The number of carbonyl (C=O) groups is 1. The number of anilines is 1. The van der Waals surface area contributed by atoms with Gasteiger partial charge in [-0.1, -0.05) is 44.2 Å². The number of hydrogen-bond acceptors (Lipinski definition) is 7. The zero-order chi connectivity index (χ0) is 24.1. The van der Waals surface area contributed by atoms with Crippen molar-refractivity contribution in [2.75, 3.05) is 12.5 Å². The first-order valence-electron chi connectivity index (χ1n) is 10.5. The number of aromatic nitrogens is 1. The van der Waals surface area contributed by atoms with E-state index in [2.05, 4.69) is 10.8 Å². The van der Waals surface area contributed by atoms with Crippen LogP contribution in [0.2, 0.25) is 0 Å². The maximum atomic E-state index is 13.3. The number of nitrogens with one attached hydrogen (secondary N) is 2. The van der Waals surface area contributed by atoms with Gasteiger partial charge in [-0.25, -0.2) is 0 Å². The maximum Gasteiger partial charge on any atom is 0.243 e. The predicted molar refractivity (Wildman–Crippen MR) is 129 cm³/mol. The molecule has 0 aliphatic rings. The molecule has 2 heterocycles. The number of thiophene rings is 1. The SMILES string of the molecule is CNC(=O)[C@H](Cc1ccccc1)n1c(O)cc(CS(=O)c2c(NO)csc2CC(C)C)c1O. The van der Waals surface area contributed by atoms with Gasteiger partial charge in [-0.2, -0.15) is 0 Å². The van der Waals surface area contributed by atoms with Crippen molar-refractivity contribution >= 4 is 33.7 Å². The standard InChI is InChI=1S/C23H29N3O5S2/c1-14(2)9-19-21(17(25-30)12-32-19)33(31)13-16-11-20(27)26(23(16)29)18(22(28)24-3)10-15-7-5-4-6-8-15/h4-8,11-12,14,18,25,27,29-30H,9-10,13H2,1-3H3,(H,24,28)/t18-,33?/m0/s1. The minimum atomic E-state index is -1.61. The molecule has 3 aromatic rings. The number of nitrogens with zero attached hydrogens (tertiary/aromatic N) is 1. The fourth-order valence-electron chi connectivity index (χ4n) is 3.71. The Morgan fingerprint density at radius 3 is 2.48 bits per heavy atom. The molecule has 2 atom stereocenters. The molecule has 0 fully saturated rings. The Bertz CT molecular complexity index is 1120. The van der Waals surface area contributed by atoms with Crippen LogP contribution in [-0.2, 0) is 34.2 Å². The summed E-state index contributed by atoms with van der Waals surface area (Å²) in [5.74, 6) is -0.747. The molecule has 0 bridgehead atoms. The highest BCUT2D eigenvalue weighted by atomic mass is 32.2. The lowest BCUT2D eigenvalue weighted by molar-refractivity contribution is -0.124. The Balaban J connectivity index is 1.93. The Kier molecular flexibility index (Phi) is 8.17. The molecule has 33 heavy (non-hydrogen) atoms. The summed E-state index contributed by atoms with van der Waals surface area (Å²) in [6.07, 6.45) is 0.946. The minimum absolute atomic E-state index is 0.0886. The van der Waals surface area contributed by atoms with Gasteiger partial charge in [0, 0.05) is 35.4 Å². The van der Waals surface area contributed by atoms with E-state index < -0.39 is 16.8 Å². The van der Waals surface area contributed by atoms with Crippen LogP contribution in [0.4, 0.5) is 5.69 Å². The van der Waals surface area contributed by atoms with Crippen LogP contribution in [0.1, 0.15) is 35.9 Å². The van der Waals surface area contributed by atoms with Crippen LogP contribution in [0, 0.1) is 5.92 Å². The summed E-state index contributed by atoms with van der Waals surface area (Å²) < 4.78 is 14.4. The van der Waals surface area contributed by atoms with E-state index in [1.807, 2.05) is 44.2 Å². The fraction of sp³-hybridized carbons (Fsp3) is 0.348. The van der Waals surface area contributed by atoms with Crippen molar-refractivity contribution in [3.05, 3.63) is 57.8 Å². The van der Waals surface area contributed by atoms with Gasteiger partial charge in [-0.15, -0.1) is 11.3 Å². The second kappa shape index (κ2) is 10.9. The van der Waals surface area contributed by atoms with Gasteiger partial charge in [0.1, 0.15) is 6.04 Å². The van der Waals surface area contributed by atoms with Crippen molar-refractivity contribution in [1.82, 2.24) is 9.88 Å². The highest BCUT2D eigenvalue weighted by Gasteiger charge is 2.28. The van der Waals surface area contributed by atoms with Crippen LogP contribution in [0.25, 0.3) is 0 Å². The van der Waals surface area contributed by atoms with Gasteiger partial charge in [0.05, 0.1) is 27.1 Å². The first-order valence-corrected chi connectivity index (χ1v) is 12.7. The summed E-state index contributed by atoms with van der Waals surface area (Å²) in [4.78, 5) is 14.0. The minimum Gasteiger partial charge on any atom is -0.494 e. The molecule has 1 amide bonds. The van der Waals surface area contributed by atoms with E-state index in [1.165, 1.54) is 24.5 Å². The number of rotatable bonds is 10. The Labute approximate surface area is 199 Å². The summed E-state index contributed by atoms with van der Waals surface area (Å²) in [6, 6.07) is 9.72. The molecule has 0 saturated carbocycles. The number of carbonyl (C=O) groups excluding carboxylic acids is 1. The molecule has 1 unspecified atom stereocenters. The van der Waals surface area contributed by atoms with E-state index in [-0.39, 0.29) is 35.4 Å². The number of amides is 1. The molecule has 0 spiro atoms. The van der Waals surface area contributed by atoms with Crippen molar-refractivity contribution in [3.8, 4) is 11.8 Å². The molecule has 0 saturated heterocycles. The third-order valence-electron chi connectivity index (χ3n) is 5.24. The van der Waals surface area contributed by atoms with E-state index in [0.717, 1.165) is 15.0 Å². The maximum absolute atomic E-state index is 13.3. The van der Waals surface area contributed by atoms with Gasteiger partial charge in [-0.05, 0) is 17.9 Å². The number of aromatic hydroxyl groups is 2. The van der Waals surface area contributed by atoms with Gasteiger partial charge in [0.2, 0.25) is 5.91 Å². The first-order chi connectivity index (χ1) is 15.8. The van der Waals surface area contributed by atoms with E-state index in [0.29, 0.717) is 22.9 Å². The van der Waals surface area contributed by atoms with Crippen molar-refractivity contribution in [1.29, 1.82) is 0 Å². The second-order valence-electron chi connectivity index (χ2n) is 8.14. The molecular weight excluding hydrogens is 462 g/mol. The molecule has 0 radical (unpaired) electrons. The highest BCUT2D eigenvalue weighted by molar-refractivity contribution is 7.84. The highest BCUT2D eigenvalue weighted by Crippen LogP contribution is 2.37. The molecule has 178 valence electrons. The third kappa shape index (κ3) is 5.58. The zero-order valence-corrected chi connectivity index (χ0v) is 20.4. The van der Waals surface area contributed by atoms with Crippen molar-refractivity contribution in [2.24, 2.45) is 5.92 Å². The van der Waals surface area contributed by atoms with Crippen LogP contribution < -0.4 is 10.8 Å². The summed E-state index contributed by atoms with van der Waals surface area (Å²) >= 11 is 1.41. The molecular formula is C23H29N3O5S2. The Morgan fingerprint density at radius 1 is 1.18 bits per heavy atom. The Hall–Kier alpha value is -2.82. The van der Waals surface area contributed by atoms with Crippen LogP contribution in [-0.4, -0.2) is 37.2 Å². The van der Waals surface area contributed by atoms with Crippen LogP contribution in [0.15, 0.2) is 46.7 Å². The summed E-state index contributed by atoms with van der Waals surface area (Å²) in [7, 11) is -0.118. The van der Waals surface area contributed by atoms with E-state index >= 15 is 0 Å². The molecule has 5 N–H and O–H groups in total. The monoisotopic (exact) mass is 491 g/mol. The van der Waals surface area contributed by atoms with Gasteiger partial charge < -0.3 is 15.5 Å². The zero-order valence-electron chi connectivity index (χ0n) is 18.7. The van der Waals surface area contributed by atoms with E-state index in [4.69, 9.17) is 0 Å². The summed E-state index contributed by atoms with van der Waals surface area (Å²) in [6.45, 7) is 4.10. The van der Waals surface area contributed by atoms with Gasteiger partial charge in [0.25, 0.3) is 0 Å². The first kappa shape index (κ1) is 24.8. The average molecular weight is 492 g/mol. The fourth-order valence-corrected chi connectivity index (χ4v) is 6.61. The third-order valence-corrected chi connectivity index (χ3v) is 7.88. The largest absolute Gasteiger partial charge is 0.494 e. The predicted octanol–water partition coefficient (Wildman–Crippen LogP) is 3.80. The number of benzene rings is 1. The van der Waals surface area contributed by atoms with Crippen molar-refractivity contribution in [3.63, 3.8) is 0 Å². The topological polar surface area (TPSA) is 124 Å². The van der Waals surface area contributed by atoms with Crippen molar-refractivity contribution in [2.45, 2.75) is 43.4 Å². The quantitative estimate of drug-likeness (QED) is 0.275. The normalized spacial score (nSPS) is 13.1. The summed E-state index contributed by atoms with van der Waals surface area (Å²) in [5, 5.41) is 35.3. The molecule has 2 aromatic heterocycles. The van der Waals surface area contributed by atoms with Gasteiger partial charge in [-0.3, -0.25) is 24.3 Å². The molecule has 1 aromatic carbocycles. The summed E-state index contributed by atoms with van der Waals surface area (Å²) in [5.41, 5.74) is 3.58. The van der Waals surface area contributed by atoms with Crippen molar-refractivity contribution < 1.29 is 24.4 Å². The molecule has 0 aliphatic carbocycles. The van der Waals surface area contributed by atoms with Crippen LogP contribution >= 0.6 is 11.3 Å². The molecule has 3 rings (SSSR count). The molecule has 10 heteroatoms. The second-order valence-corrected chi connectivity index (χ2v) is 10.5. The van der Waals surface area contributed by atoms with Gasteiger partial charge in [0.15, 0.2) is 11.8 Å². The lowest BCUT2D eigenvalue weighted by Gasteiger charge is -2.19.